The molecule has 0 aromatic heterocycles. The molecule has 0 spiro atoms. The molecule has 1 amide bonds. The molecule has 3 aromatic rings. The molecule has 29 heavy (non-hydrogen) atoms. The van der Waals surface area contributed by atoms with Crippen LogP contribution in [0.15, 0.2) is 65.6 Å². The summed E-state index contributed by atoms with van der Waals surface area (Å²) in [7, 11) is -4.08. The van der Waals surface area contributed by atoms with Gasteiger partial charge in [-0.05, 0) is 67.1 Å². The van der Waals surface area contributed by atoms with Gasteiger partial charge in [-0.2, -0.15) is 0 Å². The lowest BCUT2D eigenvalue weighted by Gasteiger charge is -2.12. The quantitative estimate of drug-likeness (QED) is 0.592. The smallest absolute Gasteiger partial charge is 0.262 e. The van der Waals surface area contributed by atoms with Gasteiger partial charge in [0.05, 0.1) is 16.3 Å². The molecule has 0 radical (unpaired) electrons. The van der Waals surface area contributed by atoms with Gasteiger partial charge < -0.3 is 5.32 Å². The maximum absolute atomic E-state index is 14.4. The van der Waals surface area contributed by atoms with Crippen molar-refractivity contribution in [3.8, 4) is 0 Å². The molecule has 0 aliphatic heterocycles. The number of hydrogen-bond donors (Lipinski definition) is 2. The van der Waals surface area contributed by atoms with Crippen molar-refractivity contribution >= 4 is 38.9 Å². The third-order valence-corrected chi connectivity index (χ3v) is 5.65. The van der Waals surface area contributed by atoms with E-state index in [0.717, 1.165) is 30.3 Å². The van der Waals surface area contributed by atoms with Gasteiger partial charge in [0.2, 0.25) is 0 Å². The third-order valence-electron chi connectivity index (χ3n) is 4.05. The molecule has 0 bridgehead atoms. The largest absolute Gasteiger partial charge is 0.319 e. The molecule has 0 atom stereocenters. The van der Waals surface area contributed by atoms with Crippen molar-refractivity contribution in [3.05, 3.63) is 88.4 Å². The number of nitrogens with one attached hydrogen (secondary N) is 2. The Bertz CT molecular complexity index is 1180. The average molecular weight is 437 g/mol. The van der Waals surface area contributed by atoms with Gasteiger partial charge in [0.25, 0.3) is 15.9 Å². The van der Waals surface area contributed by atoms with Crippen LogP contribution in [0, 0.1) is 18.6 Å². The molecular weight excluding hydrogens is 422 g/mol. The number of aryl methyl sites for hydroxylation is 1. The van der Waals surface area contributed by atoms with E-state index in [1.165, 1.54) is 18.2 Å². The summed E-state index contributed by atoms with van der Waals surface area (Å²) in [5, 5.41) is 2.67. The summed E-state index contributed by atoms with van der Waals surface area (Å²) in [6, 6.07) is 12.5. The fraction of sp³-hybridized carbons (Fsp3) is 0.0500. The molecule has 0 saturated heterocycles. The van der Waals surface area contributed by atoms with Crippen LogP contribution in [0.2, 0.25) is 5.02 Å². The van der Waals surface area contributed by atoms with E-state index in [1.54, 1.807) is 19.1 Å². The van der Waals surface area contributed by atoms with E-state index in [0.29, 0.717) is 10.6 Å². The molecular formula is C20H15ClF2N2O3S. The molecule has 0 fully saturated rings. The van der Waals surface area contributed by atoms with Crippen molar-refractivity contribution in [1.82, 2.24) is 0 Å². The maximum Gasteiger partial charge on any atom is 0.262 e. The van der Waals surface area contributed by atoms with Crippen LogP contribution in [0.3, 0.4) is 0 Å². The van der Waals surface area contributed by atoms with Gasteiger partial charge in [0.15, 0.2) is 0 Å². The van der Waals surface area contributed by atoms with Gasteiger partial charge in [-0.15, -0.1) is 0 Å². The summed E-state index contributed by atoms with van der Waals surface area (Å²) in [4.78, 5) is 11.8. The van der Waals surface area contributed by atoms with E-state index >= 15 is 0 Å². The number of rotatable bonds is 5. The van der Waals surface area contributed by atoms with E-state index in [9.17, 15) is 22.0 Å². The van der Waals surface area contributed by atoms with Crippen molar-refractivity contribution in [2.75, 3.05) is 10.0 Å². The Balaban J connectivity index is 1.82. The zero-order valence-corrected chi connectivity index (χ0v) is 16.6. The minimum absolute atomic E-state index is 0.126. The predicted molar refractivity (Wildman–Crippen MR) is 108 cm³/mol. The number of carbonyl (C=O) groups is 1. The first-order valence-electron chi connectivity index (χ1n) is 8.31. The highest BCUT2D eigenvalue weighted by molar-refractivity contribution is 7.92. The van der Waals surface area contributed by atoms with Crippen molar-refractivity contribution in [2.45, 2.75) is 11.8 Å². The van der Waals surface area contributed by atoms with Crippen molar-refractivity contribution in [2.24, 2.45) is 0 Å². The Labute approximate surface area is 171 Å². The Morgan fingerprint density at radius 1 is 0.931 bits per heavy atom. The van der Waals surface area contributed by atoms with Crippen LogP contribution in [0.25, 0.3) is 0 Å². The lowest BCUT2D eigenvalue weighted by Crippen LogP contribution is -2.16. The van der Waals surface area contributed by atoms with E-state index in [1.807, 2.05) is 0 Å². The number of carbonyl (C=O) groups excluding carboxylic acids is 1. The van der Waals surface area contributed by atoms with Crippen LogP contribution >= 0.6 is 11.6 Å². The Morgan fingerprint density at radius 2 is 1.62 bits per heavy atom. The molecule has 5 nitrogen and oxygen atoms in total. The van der Waals surface area contributed by atoms with E-state index in [4.69, 9.17) is 11.6 Å². The standard InChI is InChI=1S/C20H15ClF2N2O3S/c1-12-2-5-14(21)10-19(12)25-29(27,28)16-8-9-18(17(23)11-16)24-20(26)13-3-6-15(22)7-4-13/h2-11,25H,1H3,(H,24,26). The highest BCUT2D eigenvalue weighted by atomic mass is 35.5. The second-order valence-electron chi connectivity index (χ2n) is 6.17. The first kappa shape index (κ1) is 20.8. The van der Waals surface area contributed by atoms with Gasteiger partial charge in [-0.3, -0.25) is 9.52 Å². The molecule has 0 heterocycles. The molecule has 9 heteroatoms. The molecule has 150 valence electrons. The number of halogens is 3. The molecule has 3 aromatic carbocycles. The SMILES string of the molecule is Cc1ccc(Cl)cc1NS(=O)(=O)c1ccc(NC(=O)c2ccc(F)cc2)c(F)c1. The van der Waals surface area contributed by atoms with Gasteiger partial charge in [0, 0.05) is 10.6 Å². The van der Waals surface area contributed by atoms with Crippen LogP contribution in [-0.4, -0.2) is 14.3 Å². The number of anilines is 2. The number of hydrogen-bond acceptors (Lipinski definition) is 3. The summed E-state index contributed by atoms with van der Waals surface area (Å²) < 4.78 is 54.8. The van der Waals surface area contributed by atoms with Crippen LogP contribution in [0.5, 0.6) is 0 Å². The summed E-state index contributed by atoms with van der Waals surface area (Å²) >= 11 is 5.89. The third kappa shape index (κ3) is 4.90. The van der Waals surface area contributed by atoms with Crippen LogP contribution < -0.4 is 10.0 Å². The molecule has 0 unspecified atom stereocenters. The Hall–Kier alpha value is -2.97. The minimum Gasteiger partial charge on any atom is -0.319 e. The zero-order valence-electron chi connectivity index (χ0n) is 15.0. The minimum atomic E-state index is -4.08. The summed E-state index contributed by atoms with van der Waals surface area (Å²) in [5.41, 5.74) is 0.825. The Morgan fingerprint density at radius 3 is 2.28 bits per heavy atom. The van der Waals surface area contributed by atoms with E-state index in [-0.39, 0.29) is 21.8 Å². The lowest BCUT2D eigenvalue weighted by molar-refractivity contribution is 0.102. The van der Waals surface area contributed by atoms with Gasteiger partial charge in [-0.25, -0.2) is 17.2 Å². The monoisotopic (exact) mass is 436 g/mol. The van der Waals surface area contributed by atoms with Crippen molar-refractivity contribution in [3.63, 3.8) is 0 Å². The fourth-order valence-corrected chi connectivity index (χ4v) is 3.77. The Kier molecular flexibility index (Phi) is 5.86. The molecule has 0 saturated carbocycles. The highest BCUT2D eigenvalue weighted by Crippen LogP contribution is 2.25. The highest BCUT2D eigenvalue weighted by Gasteiger charge is 2.19. The summed E-state index contributed by atoms with van der Waals surface area (Å²) in [5.74, 6) is -2.11. The van der Waals surface area contributed by atoms with Gasteiger partial charge in [0.1, 0.15) is 11.6 Å². The predicted octanol–water partition coefficient (Wildman–Crippen LogP) is 4.98. The van der Waals surface area contributed by atoms with Crippen LogP contribution in [-0.2, 0) is 10.0 Å². The second kappa shape index (κ2) is 8.18. The zero-order chi connectivity index (χ0) is 21.2. The van der Waals surface area contributed by atoms with Crippen molar-refractivity contribution < 1.29 is 22.0 Å². The molecule has 3 rings (SSSR count). The molecule has 0 aliphatic carbocycles. The van der Waals surface area contributed by atoms with E-state index in [2.05, 4.69) is 10.0 Å². The first-order valence-corrected chi connectivity index (χ1v) is 10.2. The first-order chi connectivity index (χ1) is 13.7. The maximum atomic E-state index is 14.4. The van der Waals surface area contributed by atoms with Crippen LogP contribution in [0.1, 0.15) is 15.9 Å². The topological polar surface area (TPSA) is 75.3 Å². The van der Waals surface area contributed by atoms with Crippen molar-refractivity contribution in [1.29, 1.82) is 0 Å². The normalized spacial score (nSPS) is 11.2. The molecule has 0 aliphatic rings. The number of sulfonamides is 1. The summed E-state index contributed by atoms with van der Waals surface area (Å²) in [6.07, 6.45) is 0. The number of benzene rings is 3. The lowest BCUT2D eigenvalue weighted by atomic mass is 10.2. The van der Waals surface area contributed by atoms with Crippen LogP contribution in [0.4, 0.5) is 20.2 Å². The van der Waals surface area contributed by atoms with Gasteiger partial charge in [-0.1, -0.05) is 17.7 Å². The fourth-order valence-electron chi connectivity index (χ4n) is 2.47. The van der Waals surface area contributed by atoms with E-state index < -0.39 is 27.6 Å². The average Bonchev–Trinajstić information content (AvgIpc) is 2.66. The molecule has 2 N–H and O–H groups in total. The van der Waals surface area contributed by atoms with Gasteiger partial charge >= 0.3 is 0 Å². The number of amides is 1. The second-order valence-corrected chi connectivity index (χ2v) is 8.29. The summed E-state index contributed by atoms with van der Waals surface area (Å²) in [6.45, 7) is 1.70.